The maximum absolute atomic E-state index is 6.17. The highest BCUT2D eigenvalue weighted by Crippen LogP contribution is 2.23. The number of rotatable bonds is 4. The zero-order valence-corrected chi connectivity index (χ0v) is 11.6. The molecule has 1 aromatic rings. The lowest BCUT2D eigenvalue weighted by atomic mass is 9.94. The van der Waals surface area contributed by atoms with Gasteiger partial charge in [0.25, 0.3) is 0 Å². The van der Waals surface area contributed by atoms with Crippen molar-refractivity contribution in [2.45, 2.75) is 32.7 Å². The Labute approximate surface area is 113 Å². The summed E-state index contributed by atoms with van der Waals surface area (Å²) in [6.07, 6.45) is 3.85. The van der Waals surface area contributed by atoms with Gasteiger partial charge in [0.05, 0.1) is 10.7 Å². The second kappa shape index (κ2) is 6.36. The van der Waals surface area contributed by atoms with Crippen molar-refractivity contribution in [3.8, 4) is 0 Å². The van der Waals surface area contributed by atoms with Crippen LogP contribution in [0.4, 0.5) is 5.82 Å². The predicted octanol–water partition coefficient (Wildman–Crippen LogP) is 2.64. The summed E-state index contributed by atoms with van der Waals surface area (Å²) >= 11 is 6.17. The van der Waals surface area contributed by atoms with E-state index in [1.165, 1.54) is 19.3 Å². The molecule has 0 aliphatic carbocycles. The van der Waals surface area contributed by atoms with Crippen LogP contribution in [0.5, 0.6) is 0 Å². The van der Waals surface area contributed by atoms with Crippen LogP contribution in [-0.4, -0.2) is 23.0 Å². The van der Waals surface area contributed by atoms with Crippen molar-refractivity contribution < 1.29 is 0 Å². The van der Waals surface area contributed by atoms with Crippen molar-refractivity contribution in [1.29, 1.82) is 0 Å². The Hall–Kier alpha value is -0.840. The van der Waals surface area contributed by atoms with Gasteiger partial charge in [-0.05, 0) is 44.0 Å². The molecule has 0 unspecified atom stereocenters. The molecule has 0 bridgehead atoms. The fourth-order valence-corrected chi connectivity index (χ4v) is 2.61. The normalized spacial score (nSPS) is 17.9. The van der Waals surface area contributed by atoms with Crippen LogP contribution in [0.2, 0.25) is 5.02 Å². The zero-order chi connectivity index (χ0) is 13.0. The minimum Gasteiger partial charge on any atom is -0.308 e. The van der Waals surface area contributed by atoms with E-state index in [9.17, 15) is 0 Å². The molecule has 2 heterocycles. The van der Waals surface area contributed by atoms with E-state index in [0.717, 1.165) is 31.2 Å². The third kappa shape index (κ3) is 3.34. The first-order chi connectivity index (χ1) is 8.72. The van der Waals surface area contributed by atoms with Crippen molar-refractivity contribution in [3.05, 3.63) is 22.8 Å². The number of piperidine rings is 1. The quantitative estimate of drug-likeness (QED) is 0.651. The van der Waals surface area contributed by atoms with Crippen molar-refractivity contribution >= 4 is 17.4 Å². The molecule has 1 aliphatic heterocycles. The van der Waals surface area contributed by atoms with Gasteiger partial charge in [0.2, 0.25) is 0 Å². The predicted molar refractivity (Wildman–Crippen MR) is 75.3 cm³/mol. The van der Waals surface area contributed by atoms with E-state index in [-0.39, 0.29) is 0 Å². The average molecular weight is 269 g/mol. The summed E-state index contributed by atoms with van der Waals surface area (Å²) in [4.78, 5) is 6.83. The highest BCUT2D eigenvalue weighted by Gasteiger charge is 2.19. The number of likely N-dealkylation sites (tertiary alicyclic amines) is 1. The molecule has 1 aliphatic rings. The maximum Gasteiger partial charge on any atom is 0.140 e. The largest absolute Gasteiger partial charge is 0.308 e. The molecule has 1 fully saturated rings. The van der Waals surface area contributed by atoms with Crippen LogP contribution < -0.4 is 11.3 Å². The number of pyridine rings is 1. The molecule has 0 radical (unpaired) electrons. The Balaban J connectivity index is 1.97. The third-order valence-corrected chi connectivity index (χ3v) is 4.07. The number of hydrogen-bond donors (Lipinski definition) is 2. The van der Waals surface area contributed by atoms with E-state index in [2.05, 4.69) is 22.2 Å². The monoisotopic (exact) mass is 268 g/mol. The van der Waals surface area contributed by atoms with Gasteiger partial charge in [0, 0.05) is 6.54 Å². The Kier molecular flexibility index (Phi) is 4.80. The number of nitrogens with zero attached hydrogens (tertiary/aromatic N) is 2. The van der Waals surface area contributed by atoms with Gasteiger partial charge in [0.15, 0.2) is 0 Å². The number of nitrogen functional groups attached to an aromatic ring is 1. The molecule has 1 saturated heterocycles. The first kappa shape index (κ1) is 13.6. The number of hydrazine groups is 1. The van der Waals surface area contributed by atoms with E-state index in [0.29, 0.717) is 10.8 Å². The number of nitrogens with one attached hydrogen (secondary N) is 1. The molecule has 0 spiro atoms. The molecule has 0 amide bonds. The molecular weight excluding hydrogens is 248 g/mol. The highest BCUT2D eigenvalue weighted by atomic mass is 35.5. The highest BCUT2D eigenvalue weighted by molar-refractivity contribution is 6.31. The summed E-state index contributed by atoms with van der Waals surface area (Å²) < 4.78 is 0. The molecule has 0 atom stereocenters. The van der Waals surface area contributed by atoms with E-state index >= 15 is 0 Å². The molecule has 0 aromatic carbocycles. The van der Waals surface area contributed by atoms with Crippen molar-refractivity contribution in [3.63, 3.8) is 0 Å². The van der Waals surface area contributed by atoms with Crippen LogP contribution in [0, 0.1) is 5.92 Å². The number of nitrogens with two attached hydrogens (primary N) is 1. The smallest absolute Gasteiger partial charge is 0.140 e. The van der Waals surface area contributed by atoms with E-state index in [4.69, 9.17) is 17.4 Å². The van der Waals surface area contributed by atoms with Gasteiger partial charge in [-0.25, -0.2) is 10.8 Å². The molecule has 100 valence electrons. The number of anilines is 1. The van der Waals surface area contributed by atoms with Crippen molar-refractivity contribution in [2.24, 2.45) is 11.8 Å². The first-order valence-electron chi connectivity index (χ1n) is 6.57. The molecule has 2 rings (SSSR count). The van der Waals surface area contributed by atoms with Crippen LogP contribution in [0.25, 0.3) is 0 Å². The van der Waals surface area contributed by atoms with E-state index in [1.807, 2.05) is 6.07 Å². The molecule has 3 N–H and O–H groups in total. The standard InChI is InChI=1S/C13H21ClN4/c1-2-10-5-7-18(8-6-10)9-12-11(14)3-4-13(16-12)17-15/h3-4,10H,2,5-9,15H2,1H3,(H,16,17). The second-order valence-electron chi connectivity index (χ2n) is 4.90. The Bertz CT molecular complexity index is 389. The lowest BCUT2D eigenvalue weighted by Gasteiger charge is -2.31. The number of aromatic nitrogens is 1. The molecule has 18 heavy (non-hydrogen) atoms. The van der Waals surface area contributed by atoms with Gasteiger partial charge in [-0.1, -0.05) is 24.9 Å². The second-order valence-corrected chi connectivity index (χ2v) is 5.30. The number of halogens is 1. The molecule has 0 saturated carbocycles. The number of hydrogen-bond acceptors (Lipinski definition) is 4. The molecular formula is C13H21ClN4. The Morgan fingerprint density at radius 3 is 2.78 bits per heavy atom. The fraction of sp³-hybridized carbons (Fsp3) is 0.615. The maximum atomic E-state index is 6.17. The van der Waals surface area contributed by atoms with E-state index < -0.39 is 0 Å². The van der Waals surface area contributed by atoms with Crippen LogP contribution in [0.3, 0.4) is 0 Å². The van der Waals surface area contributed by atoms with Crippen LogP contribution in [0.15, 0.2) is 12.1 Å². The minimum absolute atomic E-state index is 0.665. The molecule has 5 heteroatoms. The van der Waals surface area contributed by atoms with Gasteiger partial charge in [-0.15, -0.1) is 0 Å². The summed E-state index contributed by atoms with van der Waals surface area (Å²) in [6, 6.07) is 3.63. The summed E-state index contributed by atoms with van der Waals surface area (Å²) in [6.45, 7) is 5.35. The summed E-state index contributed by atoms with van der Waals surface area (Å²) in [7, 11) is 0. The SMILES string of the molecule is CCC1CCN(Cc2nc(NN)ccc2Cl)CC1. The minimum atomic E-state index is 0.665. The van der Waals surface area contributed by atoms with Gasteiger partial charge >= 0.3 is 0 Å². The Morgan fingerprint density at radius 1 is 1.44 bits per heavy atom. The Morgan fingerprint density at radius 2 is 2.17 bits per heavy atom. The van der Waals surface area contributed by atoms with Crippen LogP contribution in [0.1, 0.15) is 31.9 Å². The van der Waals surface area contributed by atoms with Gasteiger partial charge in [0.1, 0.15) is 5.82 Å². The van der Waals surface area contributed by atoms with Crippen molar-refractivity contribution in [1.82, 2.24) is 9.88 Å². The average Bonchev–Trinajstić information content (AvgIpc) is 2.42. The summed E-state index contributed by atoms with van der Waals surface area (Å²) in [5.41, 5.74) is 3.46. The summed E-state index contributed by atoms with van der Waals surface area (Å²) in [5.74, 6) is 6.92. The topological polar surface area (TPSA) is 54.2 Å². The van der Waals surface area contributed by atoms with Crippen LogP contribution in [-0.2, 0) is 6.54 Å². The third-order valence-electron chi connectivity index (χ3n) is 3.72. The fourth-order valence-electron chi connectivity index (χ4n) is 2.44. The molecule has 1 aromatic heterocycles. The van der Waals surface area contributed by atoms with Crippen molar-refractivity contribution in [2.75, 3.05) is 18.5 Å². The lowest BCUT2D eigenvalue weighted by molar-refractivity contribution is 0.173. The summed E-state index contributed by atoms with van der Waals surface area (Å²) in [5, 5.41) is 0.714. The van der Waals surface area contributed by atoms with Gasteiger partial charge < -0.3 is 5.43 Å². The van der Waals surface area contributed by atoms with Crippen LogP contribution >= 0.6 is 11.6 Å². The first-order valence-corrected chi connectivity index (χ1v) is 6.95. The molecule has 4 nitrogen and oxygen atoms in total. The van der Waals surface area contributed by atoms with Gasteiger partial charge in [-0.3, -0.25) is 4.90 Å². The lowest BCUT2D eigenvalue weighted by Crippen LogP contribution is -2.33. The zero-order valence-electron chi connectivity index (χ0n) is 10.8. The van der Waals surface area contributed by atoms with Gasteiger partial charge in [-0.2, -0.15) is 0 Å². The van der Waals surface area contributed by atoms with E-state index in [1.54, 1.807) is 6.07 Å².